The van der Waals surface area contributed by atoms with E-state index in [-0.39, 0.29) is 0 Å². The van der Waals surface area contributed by atoms with Crippen molar-refractivity contribution in [2.75, 3.05) is 13.1 Å². The molecular weight excluding hydrogens is 262 g/mol. The lowest BCUT2D eigenvalue weighted by Gasteiger charge is -2.35. The zero-order chi connectivity index (χ0) is 14.8. The van der Waals surface area contributed by atoms with Crippen molar-refractivity contribution in [3.63, 3.8) is 0 Å². The van der Waals surface area contributed by atoms with Crippen molar-refractivity contribution in [2.45, 2.75) is 52.1 Å². The second kappa shape index (κ2) is 6.02. The minimum absolute atomic E-state index is 0.533. The quantitative estimate of drug-likeness (QED) is 0.940. The van der Waals surface area contributed by atoms with Gasteiger partial charge in [-0.25, -0.2) is 0 Å². The van der Waals surface area contributed by atoms with Crippen molar-refractivity contribution in [3.8, 4) is 0 Å². The second-order valence-electron chi connectivity index (χ2n) is 6.28. The number of aromatic amines is 1. The molecule has 5 heteroatoms. The highest BCUT2D eigenvalue weighted by Crippen LogP contribution is 2.27. The van der Waals surface area contributed by atoms with Gasteiger partial charge in [0.25, 0.3) is 0 Å². The summed E-state index contributed by atoms with van der Waals surface area (Å²) >= 11 is 0. The topological polar surface area (TPSA) is 49.7 Å². The van der Waals surface area contributed by atoms with Crippen LogP contribution in [0.4, 0.5) is 0 Å². The van der Waals surface area contributed by atoms with E-state index < -0.39 is 0 Å². The Balaban J connectivity index is 1.55. The van der Waals surface area contributed by atoms with Crippen LogP contribution in [0.15, 0.2) is 18.3 Å². The highest BCUT2D eigenvalue weighted by molar-refractivity contribution is 5.08. The summed E-state index contributed by atoms with van der Waals surface area (Å²) in [6, 6.07) is 4.79. The van der Waals surface area contributed by atoms with Gasteiger partial charge in [0, 0.05) is 29.5 Å². The summed E-state index contributed by atoms with van der Waals surface area (Å²) in [5.74, 6) is 0.643. The molecule has 1 aliphatic rings. The van der Waals surface area contributed by atoms with Crippen LogP contribution in [0.25, 0.3) is 0 Å². The van der Waals surface area contributed by atoms with Gasteiger partial charge < -0.3 is 0 Å². The number of likely N-dealkylation sites (tertiary alicyclic amines) is 1. The molecule has 0 aromatic carbocycles. The van der Waals surface area contributed by atoms with Gasteiger partial charge in [0.1, 0.15) is 0 Å². The molecule has 0 unspecified atom stereocenters. The number of nitrogens with zero attached hydrogens (tertiary/aromatic N) is 4. The van der Waals surface area contributed by atoms with Crippen LogP contribution in [0.1, 0.15) is 42.8 Å². The van der Waals surface area contributed by atoms with Gasteiger partial charge in [-0.1, -0.05) is 0 Å². The number of hydrogen-bond donors (Lipinski definition) is 1. The SMILES string of the molecule is Cc1cc(C)n(C[C@H](C)N2CCC(c3ccn[nH]3)CC2)n1. The molecule has 1 N–H and O–H groups in total. The second-order valence-corrected chi connectivity index (χ2v) is 6.28. The highest BCUT2D eigenvalue weighted by atomic mass is 15.3. The third-order valence-corrected chi connectivity index (χ3v) is 4.66. The lowest BCUT2D eigenvalue weighted by Crippen LogP contribution is -2.41. The van der Waals surface area contributed by atoms with Crippen LogP contribution >= 0.6 is 0 Å². The average molecular weight is 287 g/mol. The molecule has 1 atom stereocenters. The van der Waals surface area contributed by atoms with E-state index in [1.165, 1.54) is 24.2 Å². The number of aromatic nitrogens is 4. The highest BCUT2D eigenvalue weighted by Gasteiger charge is 2.24. The monoisotopic (exact) mass is 287 g/mol. The van der Waals surface area contributed by atoms with Gasteiger partial charge in [-0.3, -0.25) is 14.7 Å². The van der Waals surface area contributed by atoms with Crippen molar-refractivity contribution < 1.29 is 0 Å². The molecule has 0 spiro atoms. The summed E-state index contributed by atoms with van der Waals surface area (Å²) in [6.07, 6.45) is 4.28. The van der Waals surface area contributed by atoms with Crippen LogP contribution < -0.4 is 0 Å². The average Bonchev–Trinajstić information content (AvgIpc) is 3.10. The Morgan fingerprint density at radius 3 is 2.67 bits per heavy atom. The number of aryl methyl sites for hydroxylation is 2. The maximum absolute atomic E-state index is 4.58. The molecule has 0 amide bonds. The summed E-state index contributed by atoms with van der Waals surface area (Å²) in [5.41, 5.74) is 3.66. The largest absolute Gasteiger partial charge is 0.299 e. The van der Waals surface area contributed by atoms with E-state index in [1.807, 2.05) is 6.20 Å². The fraction of sp³-hybridized carbons (Fsp3) is 0.625. The molecule has 2 aromatic heterocycles. The van der Waals surface area contributed by atoms with Crippen LogP contribution in [0.5, 0.6) is 0 Å². The van der Waals surface area contributed by atoms with Gasteiger partial charge in [-0.2, -0.15) is 10.2 Å². The zero-order valence-corrected chi connectivity index (χ0v) is 13.2. The first-order valence-electron chi connectivity index (χ1n) is 7.88. The molecule has 3 rings (SSSR count). The molecule has 2 aromatic rings. The van der Waals surface area contributed by atoms with Gasteiger partial charge in [0.15, 0.2) is 0 Å². The summed E-state index contributed by atoms with van der Waals surface area (Å²) < 4.78 is 2.14. The third kappa shape index (κ3) is 3.18. The first kappa shape index (κ1) is 14.3. The Morgan fingerprint density at radius 1 is 1.33 bits per heavy atom. The van der Waals surface area contributed by atoms with Crippen LogP contribution in [0, 0.1) is 13.8 Å². The number of H-pyrrole nitrogens is 1. The van der Waals surface area contributed by atoms with Gasteiger partial charge in [0.2, 0.25) is 0 Å². The van der Waals surface area contributed by atoms with Crippen LogP contribution in [0.3, 0.4) is 0 Å². The van der Waals surface area contributed by atoms with Crippen molar-refractivity contribution in [1.82, 2.24) is 24.9 Å². The molecule has 21 heavy (non-hydrogen) atoms. The third-order valence-electron chi connectivity index (χ3n) is 4.66. The predicted octanol–water partition coefficient (Wildman–Crippen LogP) is 2.49. The Hall–Kier alpha value is -1.62. The number of hydrogen-bond acceptors (Lipinski definition) is 3. The van der Waals surface area contributed by atoms with E-state index in [9.17, 15) is 0 Å². The van der Waals surface area contributed by atoms with Crippen LogP contribution in [0.2, 0.25) is 0 Å². The summed E-state index contributed by atoms with van der Waals surface area (Å²) in [4.78, 5) is 2.59. The standard InChI is InChI=1S/C16H25N5/c1-12-10-13(2)21(19-12)11-14(3)20-8-5-15(6-9-20)16-4-7-17-18-16/h4,7,10,14-15H,5-6,8-9,11H2,1-3H3,(H,17,18)/t14-/m0/s1. The van der Waals surface area contributed by atoms with Gasteiger partial charge >= 0.3 is 0 Å². The van der Waals surface area contributed by atoms with Crippen LogP contribution in [-0.4, -0.2) is 44.0 Å². The van der Waals surface area contributed by atoms with Crippen molar-refractivity contribution >= 4 is 0 Å². The van der Waals surface area contributed by atoms with E-state index in [2.05, 4.69) is 57.8 Å². The minimum atomic E-state index is 0.533. The maximum atomic E-state index is 4.58. The fourth-order valence-corrected chi connectivity index (χ4v) is 3.37. The van der Waals surface area contributed by atoms with Crippen LogP contribution in [-0.2, 0) is 6.54 Å². The van der Waals surface area contributed by atoms with E-state index in [0.717, 1.165) is 25.3 Å². The molecule has 0 radical (unpaired) electrons. The number of nitrogens with one attached hydrogen (secondary N) is 1. The first-order chi connectivity index (χ1) is 10.1. The fourth-order valence-electron chi connectivity index (χ4n) is 3.37. The summed E-state index contributed by atoms with van der Waals surface area (Å²) in [5, 5.41) is 11.8. The Bertz CT molecular complexity index is 564. The lowest BCUT2D eigenvalue weighted by molar-refractivity contribution is 0.144. The van der Waals surface area contributed by atoms with Crippen molar-refractivity contribution in [2.24, 2.45) is 0 Å². The molecule has 5 nitrogen and oxygen atoms in total. The number of piperidine rings is 1. The molecule has 1 fully saturated rings. The molecule has 1 aliphatic heterocycles. The molecule has 0 saturated carbocycles. The van der Waals surface area contributed by atoms with E-state index in [1.54, 1.807) is 0 Å². The van der Waals surface area contributed by atoms with E-state index in [0.29, 0.717) is 12.0 Å². The molecule has 0 aliphatic carbocycles. The Labute approximate surface area is 126 Å². The van der Waals surface area contributed by atoms with Gasteiger partial charge in [-0.05, 0) is 58.8 Å². The summed E-state index contributed by atoms with van der Waals surface area (Å²) in [7, 11) is 0. The van der Waals surface area contributed by atoms with Crippen molar-refractivity contribution in [1.29, 1.82) is 0 Å². The molecule has 114 valence electrons. The van der Waals surface area contributed by atoms with Gasteiger partial charge in [-0.15, -0.1) is 0 Å². The molecular formula is C16H25N5. The van der Waals surface area contributed by atoms with Gasteiger partial charge in [0.05, 0.1) is 12.2 Å². The summed E-state index contributed by atoms with van der Waals surface area (Å²) in [6.45, 7) is 9.80. The minimum Gasteiger partial charge on any atom is -0.299 e. The lowest BCUT2D eigenvalue weighted by atomic mass is 9.93. The van der Waals surface area contributed by atoms with E-state index in [4.69, 9.17) is 0 Å². The van der Waals surface area contributed by atoms with E-state index >= 15 is 0 Å². The smallest absolute Gasteiger partial charge is 0.0596 e. The normalized spacial score (nSPS) is 19.0. The zero-order valence-electron chi connectivity index (χ0n) is 13.2. The molecule has 0 bridgehead atoms. The maximum Gasteiger partial charge on any atom is 0.0596 e. The molecule has 3 heterocycles. The number of rotatable bonds is 4. The Kier molecular flexibility index (Phi) is 4.10. The van der Waals surface area contributed by atoms with Crippen molar-refractivity contribution in [3.05, 3.63) is 35.4 Å². The Morgan fingerprint density at radius 2 is 2.10 bits per heavy atom. The molecule has 1 saturated heterocycles. The first-order valence-corrected chi connectivity index (χ1v) is 7.88. The predicted molar refractivity (Wildman–Crippen MR) is 83.3 cm³/mol.